The molecule has 2 rings (SSSR count). The summed E-state index contributed by atoms with van der Waals surface area (Å²) in [6.07, 6.45) is 19.6. The summed E-state index contributed by atoms with van der Waals surface area (Å²) in [5.74, 6) is -0.0482. The summed E-state index contributed by atoms with van der Waals surface area (Å²) in [7, 11) is 0. The Hall–Kier alpha value is -1.92. The van der Waals surface area contributed by atoms with E-state index < -0.39 is 5.91 Å². The molecule has 0 amide bonds. The van der Waals surface area contributed by atoms with Crippen LogP contribution in [0.2, 0.25) is 0 Å². The van der Waals surface area contributed by atoms with E-state index in [1.165, 1.54) is 83.5 Å². The number of nitrogens with zero attached hydrogens (tertiary/aromatic N) is 2. The smallest absolute Gasteiger partial charge is 0.300 e. The Morgan fingerprint density at radius 2 is 1.26 bits per heavy atom. The van der Waals surface area contributed by atoms with Gasteiger partial charge in [0, 0.05) is 6.42 Å². The molecule has 5 N–H and O–H groups in total. The van der Waals surface area contributed by atoms with Crippen molar-refractivity contribution in [2.24, 2.45) is 21.5 Å². The highest BCUT2D eigenvalue weighted by Crippen LogP contribution is 2.15. The zero-order valence-corrected chi connectivity index (χ0v) is 19.5. The zero-order chi connectivity index (χ0) is 22.2. The van der Waals surface area contributed by atoms with E-state index in [-0.39, 0.29) is 0 Å². The maximum absolute atomic E-state index is 5.95. The number of ether oxygens (including phenoxy) is 1. The van der Waals surface area contributed by atoms with Crippen LogP contribution >= 0.6 is 0 Å². The first kappa shape index (κ1) is 25.3. The average Bonchev–Trinajstić information content (AvgIpc) is 2.73. The Morgan fingerprint density at radius 1 is 0.742 bits per heavy atom. The lowest BCUT2D eigenvalue weighted by molar-refractivity contribution is 0.437. The summed E-state index contributed by atoms with van der Waals surface area (Å²) in [6.45, 7) is 2.28. The van der Waals surface area contributed by atoms with Crippen LogP contribution in [0.15, 0.2) is 40.3 Å². The van der Waals surface area contributed by atoms with Gasteiger partial charge in [-0.1, -0.05) is 109 Å². The number of aliphatic imine (C=N–C) groups is 2. The van der Waals surface area contributed by atoms with Crippen LogP contribution in [0.1, 0.15) is 103 Å². The Labute approximate surface area is 188 Å². The van der Waals surface area contributed by atoms with Crippen molar-refractivity contribution in [3.05, 3.63) is 30.3 Å². The van der Waals surface area contributed by atoms with Gasteiger partial charge in [-0.2, -0.15) is 4.99 Å². The second kappa shape index (κ2) is 15.0. The number of rotatable bonds is 16. The molecule has 1 aromatic carbocycles. The van der Waals surface area contributed by atoms with Gasteiger partial charge in [-0.05, 0) is 18.6 Å². The molecule has 174 valence electrons. The monoisotopic (exact) mass is 429 g/mol. The van der Waals surface area contributed by atoms with Gasteiger partial charge in [0.1, 0.15) is 11.6 Å². The lowest BCUT2D eigenvalue weighted by Crippen LogP contribution is -2.54. The van der Waals surface area contributed by atoms with Crippen molar-refractivity contribution < 1.29 is 4.74 Å². The Kier molecular flexibility index (Phi) is 12.2. The van der Waals surface area contributed by atoms with E-state index in [1.54, 1.807) is 0 Å². The van der Waals surface area contributed by atoms with Crippen molar-refractivity contribution in [1.29, 1.82) is 0 Å². The minimum atomic E-state index is -1.47. The fourth-order valence-electron chi connectivity index (χ4n) is 3.84. The van der Waals surface area contributed by atoms with Gasteiger partial charge in [0.05, 0.1) is 0 Å². The van der Waals surface area contributed by atoms with E-state index in [9.17, 15) is 0 Å². The number of benzene rings is 1. The van der Waals surface area contributed by atoms with Crippen LogP contribution in [0.25, 0.3) is 0 Å². The standard InChI is InChI=1S/C25H43N5O/c1-2-3-4-5-6-7-8-9-10-11-12-13-14-18-21-23-28-24(30-25(26,27)29-23)31-22-19-16-15-17-20-22/h15-17,19-20H,2-14,18,21,26-27H2,1H3,(H,28,29,30). The molecule has 0 radical (unpaired) electrons. The summed E-state index contributed by atoms with van der Waals surface area (Å²) in [5, 5.41) is 3.12. The van der Waals surface area contributed by atoms with Crippen LogP contribution in [0.4, 0.5) is 0 Å². The number of nitrogens with one attached hydrogen (secondary N) is 1. The van der Waals surface area contributed by atoms with Crippen molar-refractivity contribution in [2.75, 3.05) is 0 Å². The van der Waals surface area contributed by atoms with Gasteiger partial charge in [0.15, 0.2) is 0 Å². The first-order chi connectivity index (χ1) is 15.1. The molecule has 0 spiro atoms. The fraction of sp³-hybridized carbons (Fsp3) is 0.680. The quantitative estimate of drug-likeness (QED) is 0.228. The molecule has 0 bridgehead atoms. The Morgan fingerprint density at radius 3 is 1.81 bits per heavy atom. The molecular weight excluding hydrogens is 386 g/mol. The molecule has 1 aliphatic heterocycles. The first-order valence-corrected chi connectivity index (χ1v) is 12.4. The Balaban J connectivity index is 1.50. The molecule has 0 unspecified atom stereocenters. The number of unbranched alkanes of at least 4 members (excludes halogenated alkanes) is 13. The topological polar surface area (TPSA) is 98.0 Å². The largest absolute Gasteiger partial charge is 0.426 e. The van der Waals surface area contributed by atoms with Gasteiger partial charge >= 0.3 is 0 Å². The van der Waals surface area contributed by atoms with E-state index in [1.807, 2.05) is 30.3 Å². The summed E-state index contributed by atoms with van der Waals surface area (Å²) in [5.41, 5.74) is 11.9. The molecule has 0 fully saturated rings. The molecule has 31 heavy (non-hydrogen) atoms. The molecule has 6 heteroatoms. The predicted octanol–water partition coefficient (Wildman–Crippen LogP) is 5.82. The van der Waals surface area contributed by atoms with Gasteiger partial charge in [0.25, 0.3) is 11.9 Å². The summed E-state index contributed by atoms with van der Waals surface area (Å²) in [4.78, 5) is 8.43. The van der Waals surface area contributed by atoms with Gasteiger partial charge < -0.3 is 4.74 Å². The van der Waals surface area contributed by atoms with Gasteiger partial charge in [-0.15, -0.1) is 0 Å². The highest BCUT2D eigenvalue weighted by Gasteiger charge is 2.25. The number of amidine groups is 2. The van der Waals surface area contributed by atoms with Crippen LogP contribution in [-0.2, 0) is 0 Å². The third-order valence-corrected chi connectivity index (χ3v) is 5.57. The predicted molar refractivity (Wildman–Crippen MR) is 131 cm³/mol. The van der Waals surface area contributed by atoms with Crippen LogP contribution in [-0.4, -0.2) is 17.8 Å². The molecule has 0 atom stereocenters. The van der Waals surface area contributed by atoms with Crippen LogP contribution < -0.4 is 21.5 Å². The molecule has 0 saturated carbocycles. The highest BCUT2D eigenvalue weighted by molar-refractivity contribution is 5.99. The molecule has 6 nitrogen and oxygen atoms in total. The maximum atomic E-state index is 5.95. The molecular formula is C25H43N5O. The minimum Gasteiger partial charge on any atom is -0.426 e. The summed E-state index contributed by atoms with van der Waals surface area (Å²) in [6, 6.07) is 9.75. The van der Waals surface area contributed by atoms with E-state index >= 15 is 0 Å². The second-order valence-electron chi connectivity index (χ2n) is 8.64. The molecule has 1 aliphatic rings. The number of para-hydroxylation sites is 1. The highest BCUT2D eigenvalue weighted by atomic mass is 16.5. The first-order valence-electron chi connectivity index (χ1n) is 12.4. The van der Waals surface area contributed by atoms with Crippen molar-refractivity contribution in [3.8, 4) is 5.75 Å². The van der Waals surface area contributed by atoms with Crippen LogP contribution in [0.3, 0.4) is 0 Å². The Bertz CT molecular complexity index is 657. The van der Waals surface area contributed by atoms with Crippen molar-refractivity contribution in [3.63, 3.8) is 0 Å². The third kappa shape index (κ3) is 11.9. The maximum Gasteiger partial charge on any atom is 0.300 e. The van der Waals surface area contributed by atoms with Crippen molar-refractivity contribution in [1.82, 2.24) is 5.32 Å². The van der Waals surface area contributed by atoms with E-state index in [2.05, 4.69) is 22.2 Å². The van der Waals surface area contributed by atoms with Gasteiger partial charge in [-0.25, -0.2) is 4.99 Å². The molecule has 0 aliphatic carbocycles. The van der Waals surface area contributed by atoms with Crippen LogP contribution in [0, 0.1) is 0 Å². The molecule has 1 aromatic rings. The normalized spacial score (nSPS) is 15.2. The number of hydrogen-bond acceptors (Lipinski definition) is 6. The van der Waals surface area contributed by atoms with Crippen molar-refractivity contribution >= 4 is 11.9 Å². The van der Waals surface area contributed by atoms with E-state index in [0.717, 1.165) is 18.7 Å². The minimum absolute atomic E-state index is 0.298. The molecule has 0 aromatic heterocycles. The fourth-order valence-corrected chi connectivity index (χ4v) is 3.84. The van der Waals surface area contributed by atoms with Crippen LogP contribution in [0.5, 0.6) is 5.75 Å². The van der Waals surface area contributed by atoms with E-state index in [4.69, 9.17) is 16.2 Å². The summed E-state index contributed by atoms with van der Waals surface area (Å²) < 4.78 is 5.74. The van der Waals surface area contributed by atoms with Gasteiger partial charge in [-0.3, -0.25) is 16.8 Å². The lowest BCUT2D eigenvalue weighted by atomic mass is 10.0. The second-order valence-corrected chi connectivity index (χ2v) is 8.64. The number of nitrogens with two attached hydrogens (primary N) is 2. The third-order valence-electron chi connectivity index (χ3n) is 5.57. The average molecular weight is 430 g/mol. The van der Waals surface area contributed by atoms with Crippen molar-refractivity contribution in [2.45, 2.75) is 109 Å². The molecule has 0 saturated heterocycles. The molecule has 1 heterocycles. The van der Waals surface area contributed by atoms with Gasteiger partial charge in [0.2, 0.25) is 0 Å². The SMILES string of the molecule is CCCCCCCCCCCCCCCCC1=NC(N)(N)N=C(Oc2ccccc2)N1. The zero-order valence-electron chi connectivity index (χ0n) is 19.5. The lowest BCUT2D eigenvalue weighted by Gasteiger charge is -2.24. The summed E-state index contributed by atoms with van der Waals surface area (Å²) >= 11 is 0. The van der Waals surface area contributed by atoms with E-state index in [0.29, 0.717) is 11.8 Å². The number of hydrogen-bond donors (Lipinski definition) is 3.